The van der Waals surface area contributed by atoms with Gasteiger partial charge >= 0.3 is 0 Å². The first kappa shape index (κ1) is 20.9. The average molecular weight is 452 g/mol. The van der Waals surface area contributed by atoms with Gasteiger partial charge in [-0.25, -0.2) is 4.39 Å². The Bertz CT molecular complexity index is 880. The summed E-state index contributed by atoms with van der Waals surface area (Å²) in [5.41, 5.74) is -0.483. The standard InChI is InChI=1S/C21H27ClFN5O3/c22-13-4-3-12(6-14(13)23)31-8-17(29)27-20-9-21(10-20,11-20)28-19(30)16-7-25-18-15(26-16)2-1-5-24-18/h3-4,6,15-16,18,24-26H,1-2,5,7-11H2,(H,27,29)(H,28,30). The number of nitrogens with one attached hydrogen (secondary N) is 5. The zero-order valence-corrected chi connectivity index (χ0v) is 17.9. The summed E-state index contributed by atoms with van der Waals surface area (Å²) in [7, 11) is 0. The van der Waals surface area contributed by atoms with Crippen molar-refractivity contribution >= 4 is 23.4 Å². The number of hydrogen-bond donors (Lipinski definition) is 5. The molecule has 0 radical (unpaired) electrons. The molecular weight excluding hydrogens is 425 g/mol. The number of piperazine rings is 1. The molecule has 5 N–H and O–H groups in total. The Labute approximate surface area is 185 Å². The van der Waals surface area contributed by atoms with Crippen molar-refractivity contribution in [3.8, 4) is 5.75 Å². The molecule has 2 saturated heterocycles. The predicted molar refractivity (Wildman–Crippen MR) is 112 cm³/mol. The van der Waals surface area contributed by atoms with E-state index in [1.165, 1.54) is 12.1 Å². The molecule has 2 amide bonds. The molecule has 2 bridgehead atoms. The molecule has 3 aliphatic carbocycles. The van der Waals surface area contributed by atoms with Crippen molar-refractivity contribution in [1.29, 1.82) is 0 Å². The highest BCUT2D eigenvalue weighted by molar-refractivity contribution is 6.30. The van der Waals surface area contributed by atoms with Crippen LogP contribution in [-0.4, -0.2) is 60.8 Å². The molecule has 31 heavy (non-hydrogen) atoms. The second kappa shape index (κ2) is 7.88. The highest BCUT2D eigenvalue weighted by Gasteiger charge is 2.69. The van der Waals surface area contributed by atoms with Crippen molar-refractivity contribution in [3.05, 3.63) is 29.0 Å². The van der Waals surface area contributed by atoms with Gasteiger partial charge in [0, 0.05) is 29.7 Å². The number of rotatable bonds is 6. The van der Waals surface area contributed by atoms with E-state index in [1.54, 1.807) is 0 Å². The number of hydrogen-bond acceptors (Lipinski definition) is 6. The minimum atomic E-state index is -0.588. The van der Waals surface area contributed by atoms with Crippen LogP contribution < -0.4 is 31.3 Å². The Morgan fingerprint density at radius 2 is 1.97 bits per heavy atom. The minimum absolute atomic E-state index is 0.00689. The first-order valence-corrected chi connectivity index (χ1v) is 11.2. The topological polar surface area (TPSA) is 104 Å². The summed E-state index contributed by atoms with van der Waals surface area (Å²) in [5.74, 6) is -0.579. The van der Waals surface area contributed by atoms with Crippen LogP contribution >= 0.6 is 11.6 Å². The number of benzene rings is 1. The van der Waals surface area contributed by atoms with Gasteiger partial charge in [-0.15, -0.1) is 0 Å². The monoisotopic (exact) mass is 451 g/mol. The van der Waals surface area contributed by atoms with E-state index >= 15 is 0 Å². The van der Waals surface area contributed by atoms with E-state index in [9.17, 15) is 14.0 Å². The molecule has 3 atom stereocenters. The first-order valence-electron chi connectivity index (χ1n) is 10.8. The third-order valence-electron chi connectivity index (χ3n) is 6.82. The van der Waals surface area contributed by atoms with Crippen molar-refractivity contribution in [1.82, 2.24) is 26.6 Å². The summed E-state index contributed by atoms with van der Waals surface area (Å²) in [4.78, 5) is 25.0. The lowest BCUT2D eigenvalue weighted by Crippen LogP contribution is -2.85. The molecule has 2 heterocycles. The molecule has 5 fully saturated rings. The summed E-state index contributed by atoms with van der Waals surface area (Å²) in [6.45, 7) is 1.41. The zero-order valence-electron chi connectivity index (χ0n) is 17.1. The van der Waals surface area contributed by atoms with E-state index in [-0.39, 0.29) is 58.5 Å². The van der Waals surface area contributed by atoms with Gasteiger partial charge in [-0.05, 0) is 50.8 Å². The molecule has 1 aromatic carbocycles. The number of carbonyl (C=O) groups is 2. The second-order valence-electron chi connectivity index (χ2n) is 9.30. The van der Waals surface area contributed by atoms with Gasteiger partial charge in [0.15, 0.2) is 6.61 Å². The van der Waals surface area contributed by atoms with E-state index in [4.69, 9.17) is 16.3 Å². The maximum Gasteiger partial charge on any atom is 0.258 e. The van der Waals surface area contributed by atoms with Gasteiger partial charge in [-0.3, -0.25) is 20.2 Å². The minimum Gasteiger partial charge on any atom is -0.484 e. The van der Waals surface area contributed by atoms with Gasteiger partial charge in [-0.1, -0.05) is 11.6 Å². The van der Waals surface area contributed by atoms with Crippen molar-refractivity contribution in [2.45, 2.75) is 61.4 Å². The van der Waals surface area contributed by atoms with Gasteiger partial charge in [-0.2, -0.15) is 0 Å². The molecule has 5 aliphatic rings. The van der Waals surface area contributed by atoms with E-state index in [1.807, 2.05) is 0 Å². The lowest BCUT2D eigenvalue weighted by atomic mass is 9.44. The average Bonchev–Trinajstić information content (AvgIpc) is 2.71. The van der Waals surface area contributed by atoms with E-state index in [0.717, 1.165) is 44.7 Å². The van der Waals surface area contributed by atoms with E-state index < -0.39 is 5.82 Å². The normalized spacial score (nSPS) is 35.7. The van der Waals surface area contributed by atoms with Gasteiger partial charge in [0.2, 0.25) is 5.91 Å². The molecule has 10 heteroatoms. The largest absolute Gasteiger partial charge is 0.484 e. The second-order valence-corrected chi connectivity index (χ2v) is 9.71. The summed E-state index contributed by atoms with van der Waals surface area (Å²) in [6.07, 6.45) is 4.56. The molecule has 6 rings (SSSR count). The zero-order chi connectivity index (χ0) is 21.6. The Morgan fingerprint density at radius 1 is 1.19 bits per heavy atom. The molecule has 8 nitrogen and oxygen atoms in total. The maximum absolute atomic E-state index is 13.4. The highest BCUT2D eigenvalue weighted by atomic mass is 35.5. The lowest BCUT2D eigenvalue weighted by Gasteiger charge is -2.70. The lowest BCUT2D eigenvalue weighted by molar-refractivity contribution is -0.151. The molecule has 3 saturated carbocycles. The fraction of sp³-hybridized carbons (Fsp3) is 0.619. The summed E-state index contributed by atoms with van der Waals surface area (Å²) < 4.78 is 18.8. The van der Waals surface area contributed by atoms with Crippen LogP contribution in [0.5, 0.6) is 5.75 Å². The van der Waals surface area contributed by atoms with Crippen LogP contribution in [0.2, 0.25) is 5.02 Å². The van der Waals surface area contributed by atoms with Crippen LogP contribution in [0, 0.1) is 5.82 Å². The number of piperidine rings is 1. The summed E-state index contributed by atoms with van der Waals surface area (Å²) in [6, 6.07) is 4.09. The van der Waals surface area contributed by atoms with Crippen molar-refractivity contribution in [2.75, 3.05) is 19.7 Å². The molecule has 2 aliphatic heterocycles. The number of ether oxygens (including phenoxy) is 1. The number of halogens is 2. The van der Waals surface area contributed by atoms with E-state index in [2.05, 4.69) is 26.6 Å². The Morgan fingerprint density at radius 3 is 2.74 bits per heavy atom. The van der Waals surface area contributed by atoms with Crippen molar-refractivity contribution in [3.63, 3.8) is 0 Å². The van der Waals surface area contributed by atoms with Crippen molar-refractivity contribution < 1.29 is 18.7 Å². The molecular formula is C21H27ClFN5O3. The maximum atomic E-state index is 13.4. The fourth-order valence-corrected chi connectivity index (χ4v) is 5.58. The van der Waals surface area contributed by atoms with Crippen LogP contribution in [0.4, 0.5) is 4.39 Å². The number of fused-ring (bicyclic) bond motifs is 1. The number of amides is 2. The SMILES string of the molecule is O=C(COc1ccc(Cl)c(F)c1)NC12CC(NC(=O)C3CNC4NCCCC4N3)(C1)C2. The summed E-state index contributed by atoms with van der Waals surface area (Å²) in [5, 5.41) is 16.5. The van der Waals surface area contributed by atoms with Crippen LogP contribution in [0.1, 0.15) is 32.1 Å². The quantitative estimate of drug-likeness (QED) is 0.429. The molecule has 3 unspecified atom stereocenters. The smallest absolute Gasteiger partial charge is 0.258 e. The molecule has 1 aromatic rings. The van der Waals surface area contributed by atoms with Crippen LogP contribution in [0.15, 0.2) is 18.2 Å². The van der Waals surface area contributed by atoms with Crippen LogP contribution in [-0.2, 0) is 9.59 Å². The molecule has 168 valence electrons. The third-order valence-corrected chi connectivity index (χ3v) is 7.12. The van der Waals surface area contributed by atoms with Gasteiger partial charge in [0.05, 0.1) is 17.2 Å². The van der Waals surface area contributed by atoms with Crippen LogP contribution in [0.25, 0.3) is 0 Å². The van der Waals surface area contributed by atoms with Crippen LogP contribution in [0.3, 0.4) is 0 Å². The van der Waals surface area contributed by atoms with Gasteiger partial charge in [0.1, 0.15) is 11.6 Å². The highest BCUT2D eigenvalue weighted by Crippen LogP contribution is 2.60. The number of carbonyl (C=O) groups excluding carboxylic acids is 2. The van der Waals surface area contributed by atoms with E-state index in [0.29, 0.717) is 6.54 Å². The van der Waals surface area contributed by atoms with Gasteiger partial charge in [0.25, 0.3) is 5.91 Å². The Hall–Kier alpha value is -1.94. The predicted octanol–water partition coefficient (Wildman–Crippen LogP) is 0.405. The Balaban J connectivity index is 1.05. The fourth-order valence-electron chi connectivity index (χ4n) is 5.46. The molecule has 0 spiro atoms. The Kier molecular flexibility index (Phi) is 5.32. The van der Waals surface area contributed by atoms with Crippen molar-refractivity contribution in [2.24, 2.45) is 0 Å². The summed E-state index contributed by atoms with van der Waals surface area (Å²) >= 11 is 5.64. The van der Waals surface area contributed by atoms with Gasteiger partial charge < -0.3 is 20.7 Å². The first-order chi connectivity index (χ1) is 14.9. The molecule has 0 aromatic heterocycles. The third kappa shape index (κ3) is 4.11.